The summed E-state index contributed by atoms with van der Waals surface area (Å²) in [5.74, 6) is 0.128. The van der Waals surface area contributed by atoms with Gasteiger partial charge in [-0.05, 0) is 56.1 Å². The molecule has 1 N–H and O–H groups in total. The quantitative estimate of drug-likeness (QED) is 0.859. The molecule has 3 nitrogen and oxygen atoms in total. The van der Waals surface area contributed by atoms with Gasteiger partial charge in [-0.3, -0.25) is 4.79 Å². The summed E-state index contributed by atoms with van der Waals surface area (Å²) in [6, 6.07) is 12.0. The van der Waals surface area contributed by atoms with Crippen molar-refractivity contribution in [3.8, 4) is 0 Å². The molecule has 0 radical (unpaired) electrons. The summed E-state index contributed by atoms with van der Waals surface area (Å²) in [5.41, 5.74) is 0.716. The average Bonchev–Trinajstić information content (AvgIpc) is 3.17. The highest BCUT2D eigenvalue weighted by molar-refractivity contribution is 7.10. The molecular formula is C18H21ClN2OS. The van der Waals surface area contributed by atoms with Crippen LogP contribution in [0.5, 0.6) is 0 Å². The highest BCUT2D eigenvalue weighted by Crippen LogP contribution is 2.48. The van der Waals surface area contributed by atoms with Crippen LogP contribution in [0.25, 0.3) is 0 Å². The van der Waals surface area contributed by atoms with Gasteiger partial charge in [-0.2, -0.15) is 0 Å². The Kier molecular flexibility index (Phi) is 4.76. The molecule has 23 heavy (non-hydrogen) atoms. The third kappa shape index (κ3) is 3.44. The molecule has 1 heterocycles. The van der Waals surface area contributed by atoms with E-state index in [0.717, 1.165) is 18.4 Å². The van der Waals surface area contributed by atoms with Crippen LogP contribution in [0, 0.1) is 0 Å². The predicted molar refractivity (Wildman–Crippen MR) is 96.1 cm³/mol. The first kappa shape index (κ1) is 16.5. The molecule has 122 valence electrons. The van der Waals surface area contributed by atoms with Crippen molar-refractivity contribution in [2.24, 2.45) is 0 Å². The number of amides is 1. The number of carbonyl (C=O) groups excluding carboxylic acids is 1. The minimum absolute atomic E-state index is 0.128. The van der Waals surface area contributed by atoms with Gasteiger partial charge in [0, 0.05) is 16.4 Å². The Morgan fingerprint density at radius 3 is 2.52 bits per heavy atom. The molecule has 2 aromatic rings. The van der Waals surface area contributed by atoms with E-state index in [4.69, 9.17) is 11.6 Å². The Balaban J connectivity index is 1.68. The van der Waals surface area contributed by atoms with E-state index >= 15 is 0 Å². The van der Waals surface area contributed by atoms with Gasteiger partial charge in [0.15, 0.2) is 0 Å². The SMILES string of the molecule is CN(C)C(CNC(=O)C1(c2ccc(Cl)cc2)CC1)c1cccs1. The van der Waals surface area contributed by atoms with Crippen molar-refractivity contribution >= 4 is 28.8 Å². The van der Waals surface area contributed by atoms with E-state index in [1.807, 2.05) is 38.4 Å². The lowest BCUT2D eigenvalue weighted by Gasteiger charge is -2.25. The number of likely N-dealkylation sites (N-methyl/N-ethyl adjacent to an activating group) is 1. The van der Waals surface area contributed by atoms with Gasteiger partial charge in [0.25, 0.3) is 0 Å². The summed E-state index contributed by atoms with van der Waals surface area (Å²) < 4.78 is 0. The molecule has 0 spiro atoms. The fourth-order valence-corrected chi connectivity index (χ4v) is 3.97. The lowest BCUT2D eigenvalue weighted by atomic mass is 9.95. The van der Waals surface area contributed by atoms with E-state index in [9.17, 15) is 4.79 Å². The molecule has 1 atom stereocenters. The zero-order valence-corrected chi connectivity index (χ0v) is 15.0. The maximum absolute atomic E-state index is 12.8. The van der Waals surface area contributed by atoms with Gasteiger partial charge in [-0.25, -0.2) is 0 Å². The van der Waals surface area contributed by atoms with Gasteiger partial charge in [0.2, 0.25) is 5.91 Å². The van der Waals surface area contributed by atoms with Crippen LogP contribution in [-0.2, 0) is 10.2 Å². The number of nitrogens with zero attached hydrogens (tertiary/aromatic N) is 1. The van der Waals surface area contributed by atoms with Gasteiger partial charge in [-0.15, -0.1) is 11.3 Å². The largest absolute Gasteiger partial charge is 0.353 e. The number of thiophene rings is 1. The molecule has 1 unspecified atom stereocenters. The van der Waals surface area contributed by atoms with E-state index in [2.05, 4.69) is 27.7 Å². The van der Waals surface area contributed by atoms with Crippen molar-refractivity contribution in [3.63, 3.8) is 0 Å². The Morgan fingerprint density at radius 2 is 2.00 bits per heavy atom. The first-order chi connectivity index (χ1) is 11.0. The molecule has 1 aliphatic rings. The molecule has 1 aromatic carbocycles. The average molecular weight is 349 g/mol. The third-order valence-electron chi connectivity index (χ3n) is 4.53. The van der Waals surface area contributed by atoms with Crippen LogP contribution in [0.4, 0.5) is 0 Å². The number of rotatable bonds is 6. The minimum Gasteiger partial charge on any atom is -0.353 e. The Labute approximate surface area is 146 Å². The molecule has 5 heteroatoms. The second kappa shape index (κ2) is 6.63. The molecule has 1 fully saturated rings. The summed E-state index contributed by atoms with van der Waals surface area (Å²) in [5, 5.41) is 5.94. The van der Waals surface area contributed by atoms with Crippen LogP contribution < -0.4 is 5.32 Å². The number of nitrogens with one attached hydrogen (secondary N) is 1. The number of benzene rings is 1. The van der Waals surface area contributed by atoms with Crippen molar-refractivity contribution in [2.75, 3.05) is 20.6 Å². The highest BCUT2D eigenvalue weighted by Gasteiger charge is 2.51. The lowest BCUT2D eigenvalue weighted by molar-refractivity contribution is -0.123. The van der Waals surface area contributed by atoms with Crippen LogP contribution >= 0.6 is 22.9 Å². The van der Waals surface area contributed by atoms with Gasteiger partial charge in [0.1, 0.15) is 0 Å². The summed E-state index contributed by atoms with van der Waals surface area (Å²) in [7, 11) is 4.09. The maximum Gasteiger partial charge on any atom is 0.230 e. The minimum atomic E-state index is -0.350. The first-order valence-corrected chi connectivity index (χ1v) is 9.03. The molecule has 1 amide bonds. The second-order valence-corrected chi connectivity index (χ2v) is 7.71. The molecule has 0 bridgehead atoms. The van der Waals surface area contributed by atoms with Crippen LogP contribution in [0.1, 0.15) is 29.3 Å². The van der Waals surface area contributed by atoms with E-state index < -0.39 is 0 Å². The first-order valence-electron chi connectivity index (χ1n) is 7.77. The van der Waals surface area contributed by atoms with E-state index in [1.165, 1.54) is 4.88 Å². The standard InChI is InChI=1S/C18H21ClN2OS/c1-21(2)15(16-4-3-11-23-16)12-20-17(22)18(9-10-18)13-5-7-14(19)8-6-13/h3-8,11,15H,9-10,12H2,1-2H3,(H,20,22). The number of hydrogen-bond donors (Lipinski definition) is 1. The summed E-state index contributed by atoms with van der Waals surface area (Å²) in [6.45, 7) is 0.627. The van der Waals surface area contributed by atoms with E-state index in [0.29, 0.717) is 11.6 Å². The van der Waals surface area contributed by atoms with Crippen LogP contribution in [0.3, 0.4) is 0 Å². The number of halogens is 1. The van der Waals surface area contributed by atoms with Crippen molar-refractivity contribution < 1.29 is 4.79 Å². The van der Waals surface area contributed by atoms with Crippen molar-refractivity contribution in [1.82, 2.24) is 10.2 Å². The molecule has 1 aromatic heterocycles. The maximum atomic E-state index is 12.8. The van der Waals surface area contributed by atoms with Crippen LogP contribution in [0.2, 0.25) is 5.02 Å². The van der Waals surface area contributed by atoms with Crippen LogP contribution in [0.15, 0.2) is 41.8 Å². The zero-order valence-electron chi connectivity index (χ0n) is 13.4. The molecular weight excluding hydrogens is 328 g/mol. The van der Waals surface area contributed by atoms with Gasteiger partial charge in [0.05, 0.1) is 11.5 Å². The summed E-state index contributed by atoms with van der Waals surface area (Å²) in [4.78, 5) is 16.2. The van der Waals surface area contributed by atoms with Crippen LogP contribution in [-0.4, -0.2) is 31.4 Å². The molecule has 3 rings (SSSR count). The monoisotopic (exact) mass is 348 g/mol. The van der Waals surface area contributed by atoms with Crippen molar-refractivity contribution in [1.29, 1.82) is 0 Å². The number of hydrogen-bond acceptors (Lipinski definition) is 3. The van der Waals surface area contributed by atoms with Crippen molar-refractivity contribution in [3.05, 3.63) is 57.2 Å². The topological polar surface area (TPSA) is 32.3 Å². The molecule has 0 aliphatic heterocycles. The zero-order chi connectivity index (χ0) is 16.4. The molecule has 1 saturated carbocycles. The Hall–Kier alpha value is -1.36. The van der Waals surface area contributed by atoms with Gasteiger partial charge in [-0.1, -0.05) is 29.8 Å². The van der Waals surface area contributed by atoms with Gasteiger partial charge < -0.3 is 10.2 Å². The van der Waals surface area contributed by atoms with Gasteiger partial charge >= 0.3 is 0 Å². The number of carbonyl (C=O) groups is 1. The second-order valence-electron chi connectivity index (χ2n) is 6.29. The Morgan fingerprint density at radius 1 is 1.30 bits per heavy atom. The fraction of sp³-hybridized carbons (Fsp3) is 0.389. The fourth-order valence-electron chi connectivity index (χ4n) is 2.92. The predicted octanol–water partition coefficient (Wildman–Crippen LogP) is 3.85. The smallest absolute Gasteiger partial charge is 0.230 e. The summed E-state index contributed by atoms with van der Waals surface area (Å²) in [6.07, 6.45) is 1.82. The third-order valence-corrected chi connectivity index (χ3v) is 5.76. The summed E-state index contributed by atoms with van der Waals surface area (Å²) >= 11 is 7.68. The molecule has 0 saturated heterocycles. The van der Waals surface area contributed by atoms with E-state index in [1.54, 1.807) is 11.3 Å². The van der Waals surface area contributed by atoms with Crippen molar-refractivity contribution in [2.45, 2.75) is 24.3 Å². The lowest BCUT2D eigenvalue weighted by Crippen LogP contribution is -2.39. The van der Waals surface area contributed by atoms with E-state index in [-0.39, 0.29) is 17.4 Å². The normalized spacial score (nSPS) is 17.0. The molecule has 1 aliphatic carbocycles. The Bertz CT molecular complexity index is 663. The highest BCUT2D eigenvalue weighted by atomic mass is 35.5.